The topological polar surface area (TPSA) is 41.6 Å². The molecule has 2 aliphatic rings. The zero-order valence-corrected chi connectivity index (χ0v) is 15.1. The molecule has 0 radical (unpaired) electrons. The minimum Gasteiger partial charge on any atom is -0.497 e. The number of rotatable bonds is 3. The molecular formula is C22H24N2O2. The Bertz CT molecular complexity index is 834. The van der Waals surface area contributed by atoms with Gasteiger partial charge in [0.05, 0.1) is 7.11 Å². The van der Waals surface area contributed by atoms with Crippen LogP contribution in [0.2, 0.25) is 0 Å². The Labute approximate surface area is 154 Å². The second kappa shape index (κ2) is 7.34. The first-order chi connectivity index (χ1) is 12.7. The SMILES string of the molecule is COc1ccc(C2=Cc3ccc(N4CCNCC4)cc3CCC2=O)cc1. The summed E-state index contributed by atoms with van der Waals surface area (Å²) in [6, 6.07) is 14.3. The lowest BCUT2D eigenvalue weighted by molar-refractivity contribution is -0.113. The quantitative estimate of drug-likeness (QED) is 0.925. The van der Waals surface area contributed by atoms with Crippen molar-refractivity contribution in [3.63, 3.8) is 0 Å². The highest BCUT2D eigenvalue weighted by atomic mass is 16.5. The van der Waals surface area contributed by atoms with E-state index in [1.807, 2.05) is 30.3 Å². The van der Waals surface area contributed by atoms with E-state index < -0.39 is 0 Å². The first kappa shape index (κ1) is 16.9. The highest BCUT2D eigenvalue weighted by Crippen LogP contribution is 2.30. The van der Waals surface area contributed by atoms with Crippen molar-refractivity contribution < 1.29 is 9.53 Å². The van der Waals surface area contributed by atoms with Crippen LogP contribution in [-0.2, 0) is 11.2 Å². The first-order valence-corrected chi connectivity index (χ1v) is 9.22. The molecular weight excluding hydrogens is 324 g/mol. The van der Waals surface area contributed by atoms with Gasteiger partial charge in [-0.05, 0) is 53.5 Å². The van der Waals surface area contributed by atoms with Gasteiger partial charge in [0.15, 0.2) is 5.78 Å². The average Bonchev–Trinajstić information content (AvgIpc) is 2.87. The van der Waals surface area contributed by atoms with Gasteiger partial charge in [-0.15, -0.1) is 0 Å². The van der Waals surface area contributed by atoms with Crippen LogP contribution in [0.25, 0.3) is 11.6 Å². The van der Waals surface area contributed by atoms with Gasteiger partial charge in [0, 0.05) is 43.9 Å². The Morgan fingerprint density at radius 2 is 1.77 bits per heavy atom. The number of aryl methyl sites for hydroxylation is 1. The largest absolute Gasteiger partial charge is 0.497 e. The van der Waals surface area contributed by atoms with E-state index in [4.69, 9.17) is 4.74 Å². The molecule has 0 atom stereocenters. The van der Waals surface area contributed by atoms with Gasteiger partial charge in [0.25, 0.3) is 0 Å². The predicted octanol–water partition coefficient (Wildman–Crippen LogP) is 3.16. The van der Waals surface area contributed by atoms with Gasteiger partial charge in [-0.2, -0.15) is 0 Å². The van der Waals surface area contributed by atoms with Crippen molar-refractivity contribution in [1.82, 2.24) is 5.32 Å². The van der Waals surface area contributed by atoms with Gasteiger partial charge >= 0.3 is 0 Å². The molecule has 0 amide bonds. The van der Waals surface area contributed by atoms with Gasteiger partial charge < -0.3 is 15.0 Å². The molecule has 0 unspecified atom stereocenters. The smallest absolute Gasteiger partial charge is 0.163 e. The maximum Gasteiger partial charge on any atom is 0.163 e. The fourth-order valence-electron chi connectivity index (χ4n) is 3.70. The molecule has 0 bridgehead atoms. The summed E-state index contributed by atoms with van der Waals surface area (Å²) in [7, 11) is 1.65. The van der Waals surface area contributed by atoms with Crippen molar-refractivity contribution >= 4 is 23.1 Å². The molecule has 26 heavy (non-hydrogen) atoms. The number of carbonyl (C=O) groups is 1. The highest BCUT2D eigenvalue weighted by Gasteiger charge is 2.19. The van der Waals surface area contributed by atoms with Crippen LogP contribution < -0.4 is 15.0 Å². The average molecular weight is 348 g/mol. The highest BCUT2D eigenvalue weighted by molar-refractivity contribution is 6.25. The molecule has 4 rings (SSSR count). The van der Waals surface area contributed by atoms with E-state index in [-0.39, 0.29) is 5.78 Å². The minimum atomic E-state index is 0.204. The summed E-state index contributed by atoms with van der Waals surface area (Å²) in [6.07, 6.45) is 3.40. The molecule has 0 aromatic heterocycles. The standard InChI is InChI=1S/C22H24N2O2/c1-26-20-7-3-16(4-8-20)21-15-18-2-6-19(24-12-10-23-11-13-24)14-17(18)5-9-22(21)25/h2-4,6-8,14-15,23H,5,9-13H2,1H3. The maximum atomic E-state index is 12.7. The Balaban J connectivity index is 1.67. The third-order valence-corrected chi connectivity index (χ3v) is 5.23. The first-order valence-electron chi connectivity index (χ1n) is 9.22. The van der Waals surface area contributed by atoms with Crippen LogP contribution in [-0.4, -0.2) is 39.1 Å². The lowest BCUT2D eigenvalue weighted by atomic mass is 9.99. The van der Waals surface area contributed by atoms with Crippen molar-refractivity contribution in [3.8, 4) is 5.75 Å². The van der Waals surface area contributed by atoms with Crippen LogP contribution in [0.4, 0.5) is 5.69 Å². The summed E-state index contributed by atoms with van der Waals surface area (Å²) in [4.78, 5) is 15.1. The third-order valence-electron chi connectivity index (χ3n) is 5.23. The number of anilines is 1. The normalized spacial score (nSPS) is 17.3. The van der Waals surface area contributed by atoms with Crippen LogP contribution in [0.5, 0.6) is 5.75 Å². The molecule has 1 heterocycles. The Morgan fingerprint density at radius 3 is 2.50 bits per heavy atom. The molecule has 1 aliphatic carbocycles. The number of fused-ring (bicyclic) bond motifs is 1. The van der Waals surface area contributed by atoms with Crippen LogP contribution in [0.1, 0.15) is 23.1 Å². The number of nitrogens with zero attached hydrogens (tertiary/aromatic N) is 1. The van der Waals surface area contributed by atoms with Crippen LogP contribution in [0, 0.1) is 0 Å². The fraction of sp³-hybridized carbons (Fsp3) is 0.318. The number of Topliss-reactive ketones (excluding diaryl/α,β-unsaturated/α-hetero) is 1. The van der Waals surface area contributed by atoms with E-state index in [9.17, 15) is 4.79 Å². The number of hydrogen-bond donors (Lipinski definition) is 1. The van der Waals surface area contributed by atoms with E-state index in [0.29, 0.717) is 6.42 Å². The molecule has 1 N–H and O–H groups in total. The van der Waals surface area contributed by atoms with Gasteiger partial charge in [-0.1, -0.05) is 18.2 Å². The molecule has 1 aliphatic heterocycles. The summed E-state index contributed by atoms with van der Waals surface area (Å²) < 4.78 is 5.22. The molecule has 4 heteroatoms. The second-order valence-electron chi connectivity index (χ2n) is 6.83. The fourth-order valence-corrected chi connectivity index (χ4v) is 3.70. The van der Waals surface area contributed by atoms with Crippen molar-refractivity contribution in [2.45, 2.75) is 12.8 Å². The molecule has 1 saturated heterocycles. The van der Waals surface area contributed by atoms with Crippen molar-refractivity contribution in [1.29, 1.82) is 0 Å². The summed E-state index contributed by atoms with van der Waals surface area (Å²) in [5.74, 6) is 1.01. The number of ether oxygens (including phenoxy) is 1. The maximum absolute atomic E-state index is 12.7. The summed E-state index contributed by atoms with van der Waals surface area (Å²) in [5.41, 5.74) is 5.42. The lowest BCUT2D eigenvalue weighted by Gasteiger charge is -2.30. The Kier molecular flexibility index (Phi) is 4.76. The molecule has 1 fully saturated rings. The van der Waals surface area contributed by atoms with E-state index in [2.05, 4.69) is 28.4 Å². The number of allylic oxidation sites excluding steroid dienone is 1. The zero-order chi connectivity index (χ0) is 17.9. The molecule has 4 nitrogen and oxygen atoms in total. The second-order valence-corrected chi connectivity index (χ2v) is 6.83. The van der Waals surface area contributed by atoms with Crippen LogP contribution in [0.15, 0.2) is 42.5 Å². The minimum absolute atomic E-state index is 0.204. The number of piperazine rings is 1. The molecule has 0 spiro atoms. The van der Waals surface area contributed by atoms with E-state index >= 15 is 0 Å². The molecule has 134 valence electrons. The molecule has 0 saturated carbocycles. The number of carbonyl (C=O) groups excluding carboxylic acids is 1. The van der Waals surface area contributed by atoms with Crippen molar-refractivity contribution in [3.05, 3.63) is 59.2 Å². The third kappa shape index (κ3) is 3.37. The number of nitrogens with one attached hydrogen (secondary N) is 1. The van der Waals surface area contributed by atoms with E-state index in [1.54, 1.807) is 7.11 Å². The number of ketones is 1. The van der Waals surface area contributed by atoms with E-state index in [1.165, 1.54) is 11.3 Å². The molecule has 2 aromatic rings. The van der Waals surface area contributed by atoms with Gasteiger partial charge in [0.1, 0.15) is 5.75 Å². The summed E-state index contributed by atoms with van der Waals surface area (Å²) in [5, 5.41) is 3.39. The lowest BCUT2D eigenvalue weighted by Crippen LogP contribution is -2.43. The van der Waals surface area contributed by atoms with E-state index in [0.717, 1.165) is 55.0 Å². The van der Waals surface area contributed by atoms with Gasteiger partial charge in [0.2, 0.25) is 0 Å². The van der Waals surface area contributed by atoms with Gasteiger partial charge in [-0.25, -0.2) is 0 Å². The summed E-state index contributed by atoms with van der Waals surface area (Å²) >= 11 is 0. The predicted molar refractivity (Wildman–Crippen MR) is 106 cm³/mol. The summed E-state index contributed by atoms with van der Waals surface area (Å²) in [6.45, 7) is 4.11. The number of hydrogen-bond acceptors (Lipinski definition) is 4. The number of benzene rings is 2. The van der Waals surface area contributed by atoms with Crippen LogP contribution in [0.3, 0.4) is 0 Å². The monoisotopic (exact) mass is 348 g/mol. The number of methoxy groups -OCH3 is 1. The Morgan fingerprint density at radius 1 is 1.00 bits per heavy atom. The van der Waals surface area contributed by atoms with Crippen molar-refractivity contribution in [2.75, 3.05) is 38.2 Å². The van der Waals surface area contributed by atoms with Crippen molar-refractivity contribution in [2.24, 2.45) is 0 Å². The Hall–Kier alpha value is -2.59. The van der Waals surface area contributed by atoms with Gasteiger partial charge in [-0.3, -0.25) is 4.79 Å². The zero-order valence-electron chi connectivity index (χ0n) is 15.1. The van der Waals surface area contributed by atoms with Crippen LogP contribution >= 0.6 is 0 Å². The molecule has 2 aromatic carbocycles.